The topological polar surface area (TPSA) is 33.0 Å². The van der Waals surface area contributed by atoms with Gasteiger partial charge < -0.3 is 4.74 Å². The second-order valence-corrected chi connectivity index (χ2v) is 4.17. The van der Waals surface area contributed by atoms with Crippen molar-refractivity contribution in [2.24, 2.45) is 0 Å². The molecule has 0 aliphatic heterocycles. The first-order valence-electron chi connectivity index (χ1n) is 4.09. The molecule has 4 heteroatoms. The molecule has 0 aliphatic rings. The first-order valence-corrected chi connectivity index (χ1v) is 5.45. The number of nitriles is 1. The Kier molecular flexibility index (Phi) is 4.81. The maximum atomic E-state index is 8.85. The zero-order valence-corrected chi connectivity index (χ0v) is 9.36. The van der Waals surface area contributed by atoms with Crippen molar-refractivity contribution < 1.29 is 4.74 Å². The van der Waals surface area contributed by atoms with Crippen molar-refractivity contribution in [3.8, 4) is 6.07 Å². The third-order valence-corrected chi connectivity index (χ3v) is 2.88. The molecule has 0 spiro atoms. The molecule has 1 rings (SSSR count). The number of hydrogen-bond acceptors (Lipinski definition) is 3. The van der Waals surface area contributed by atoms with E-state index in [1.807, 2.05) is 6.07 Å². The summed E-state index contributed by atoms with van der Waals surface area (Å²) >= 11 is 7.37. The van der Waals surface area contributed by atoms with E-state index >= 15 is 0 Å². The SMILES string of the molecule is COCCSc1ccc(Cl)cc1C#N. The van der Waals surface area contributed by atoms with Crippen LogP contribution in [0.2, 0.25) is 5.02 Å². The number of benzene rings is 1. The van der Waals surface area contributed by atoms with Crippen LogP contribution in [0.4, 0.5) is 0 Å². The lowest BCUT2D eigenvalue weighted by Crippen LogP contribution is -1.92. The van der Waals surface area contributed by atoms with Crippen LogP contribution in [-0.4, -0.2) is 19.5 Å². The van der Waals surface area contributed by atoms with E-state index in [9.17, 15) is 0 Å². The normalized spacial score (nSPS) is 9.79. The minimum atomic E-state index is 0.595. The van der Waals surface area contributed by atoms with E-state index < -0.39 is 0 Å². The molecule has 0 fully saturated rings. The van der Waals surface area contributed by atoms with Crippen LogP contribution >= 0.6 is 23.4 Å². The average molecular weight is 228 g/mol. The van der Waals surface area contributed by atoms with Gasteiger partial charge in [-0.1, -0.05) is 11.6 Å². The Balaban J connectivity index is 2.72. The number of hydrogen-bond donors (Lipinski definition) is 0. The summed E-state index contributed by atoms with van der Waals surface area (Å²) in [5.74, 6) is 0.840. The molecule has 0 aromatic heterocycles. The molecule has 0 bridgehead atoms. The third-order valence-electron chi connectivity index (χ3n) is 1.61. The van der Waals surface area contributed by atoms with Gasteiger partial charge in [-0.15, -0.1) is 11.8 Å². The van der Waals surface area contributed by atoms with Crippen molar-refractivity contribution in [3.05, 3.63) is 28.8 Å². The van der Waals surface area contributed by atoms with Crippen LogP contribution in [0.3, 0.4) is 0 Å². The standard InChI is InChI=1S/C10H10ClNOS/c1-13-4-5-14-10-3-2-9(11)6-8(10)7-12/h2-3,6H,4-5H2,1H3. The summed E-state index contributed by atoms with van der Waals surface area (Å²) < 4.78 is 4.93. The number of thioether (sulfide) groups is 1. The Hall–Kier alpha value is -0.690. The highest BCUT2D eigenvalue weighted by Crippen LogP contribution is 2.24. The molecule has 0 amide bonds. The van der Waals surface area contributed by atoms with Crippen molar-refractivity contribution in [2.75, 3.05) is 19.5 Å². The predicted molar refractivity (Wildman–Crippen MR) is 58.8 cm³/mol. The molecule has 1 aromatic rings. The summed E-state index contributed by atoms with van der Waals surface area (Å²) in [4.78, 5) is 0.953. The molecule has 0 atom stereocenters. The fourth-order valence-corrected chi connectivity index (χ4v) is 2.02. The lowest BCUT2D eigenvalue weighted by molar-refractivity contribution is 0.218. The van der Waals surface area contributed by atoms with E-state index in [4.69, 9.17) is 21.6 Å². The van der Waals surface area contributed by atoms with Crippen LogP contribution in [0, 0.1) is 11.3 Å². The zero-order valence-electron chi connectivity index (χ0n) is 7.79. The minimum Gasteiger partial charge on any atom is -0.384 e. The fourth-order valence-electron chi connectivity index (χ4n) is 0.950. The largest absolute Gasteiger partial charge is 0.384 e. The van der Waals surface area contributed by atoms with Gasteiger partial charge in [-0.05, 0) is 18.2 Å². The van der Waals surface area contributed by atoms with Crippen molar-refractivity contribution in [3.63, 3.8) is 0 Å². The molecule has 0 saturated heterocycles. The van der Waals surface area contributed by atoms with Crippen LogP contribution in [-0.2, 0) is 4.74 Å². The lowest BCUT2D eigenvalue weighted by atomic mass is 10.2. The highest BCUT2D eigenvalue weighted by molar-refractivity contribution is 7.99. The number of ether oxygens (including phenoxy) is 1. The number of rotatable bonds is 4. The zero-order chi connectivity index (χ0) is 10.4. The van der Waals surface area contributed by atoms with E-state index in [0.29, 0.717) is 17.2 Å². The third kappa shape index (κ3) is 3.22. The van der Waals surface area contributed by atoms with Crippen molar-refractivity contribution in [1.29, 1.82) is 5.26 Å². The molecule has 74 valence electrons. The van der Waals surface area contributed by atoms with Gasteiger partial charge in [0.25, 0.3) is 0 Å². The molecular formula is C10H10ClNOS. The fraction of sp³-hybridized carbons (Fsp3) is 0.300. The van der Waals surface area contributed by atoms with Gasteiger partial charge >= 0.3 is 0 Å². The smallest absolute Gasteiger partial charge is 0.100 e. The Labute approximate surface area is 92.8 Å². The van der Waals surface area contributed by atoms with Crippen LogP contribution in [0.1, 0.15) is 5.56 Å². The van der Waals surface area contributed by atoms with Gasteiger partial charge in [-0.25, -0.2) is 0 Å². The lowest BCUT2D eigenvalue weighted by Gasteiger charge is -2.03. The first-order chi connectivity index (χ1) is 6.77. The van der Waals surface area contributed by atoms with E-state index in [1.165, 1.54) is 0 Å². The summed E-state index contributed by atoms with van der Waals surface area (Å²) in [6.07, 6.45) is 0. The van der Waals surface area contributed by atoms with E-state index in [-0.39, 0.29) is 0 Å². The maximum absolute atomic E-state index is 8.85. The number of halogens is 1. The molecule has 1 aromatic carbocycles. The molecule has 14 heavy (non-hydrogen) atoms. The molecule has 0 N–H and O–H groups in total. The van der Waals surface area contributed by atoms with Gasteiger partial charge in [-0.2, -0.15) is 5.26 Å². The van der Waals surface area contributed by atoms with E-state index in [0.717, 1.165) is 10.6 Å². The van der Waals surface area contributed by atoms with Gasteiger partial charge in [-0.3, -0.25) is 0 Å². The summed E-state index contributed by atoms with van der Waals surface area (Å²) in [5, 5.41) is 9.44. The van der Waals surface area contributed by atoms with Gasteiger partial charge in [0.15, 0.2) is 0 Å². The van der Waals surface area contributed by atoms with Crippen molar-refractivity contribution in [1.82, 2.24) is 0 Å². The Morgan fingerprint density at radius 2 is 2.36 bits per heavy atom. The van der Waals surface area contributed by atoms with Gasteiger partial charge in [0.2, 0.25) is 0 Å². The number of nitrogens with zero attached hydrogens (tertiary/aromatic N) is 1. The van der Waals surface area contributed by atoms with E-state index in [1.54, 1.807) is 31.0 Å². The van der Waals surface area contributed by atoms with Gasteiger partial charge in [0.05, 0.1) is 12.2 Å². The molecular weight excluding hydrogens is 218 g/mol. The summed E-state index contributed by atoms with van der Waals surface area (Å²) in [5.41, 5.74) is 0.624. The Morgan fingerprint density at radius 1 is 1.57 bits per heavy atom. The number of methoxy groups -OCH3 is 1. The van der Waals surface area contributed by atoms with Crippen LogP contribution < -0.4 is 0 Å². The monoisotopic (exact) mass is 227 g/mol. The molecule has 0 aliphatic carbocycles. The van der Waals surface area contributed by atoms with Crippen LogP contribution in [0.25, 0.3) is 0 Å². The Bertz CT molecular complexity index is 348. The molecule has 0 saturated carbocycles. The van der Waals surface area contributed by atoms with Gasteiger partial charge in [0, 0.05) is 22.8 Å². The maximum Gasteiger partial charge on any atom is 0.100 e. The van der Waals surface area contributed by atoms with E-state index in [2.05, 4.69) is 6.07 Å². The summed E-state index contributed by atoms with van der Waals surface area (Å²) in [6, 6.07) is 7.45. The molecule has 0 heterocycles. The summed E-state index contributed by atoms with van der Waals surface area (Å²) in [6.45, 7) is 0.679. The quantitative estimate of drug-likeness (QED) is 0.586. The Morgan fingerprint density at radius 3 is 3.00 bits per heavy atom. The minimum absolute atomic E-state index is 0.595. The second kappa shape index (κ2) is 5.92. The second-order valence-electron chi connectivity index (χ2n) is 2.59. The average Bonchev–Trinajstić information content (AvgIpc) is 2.20. The predicted octanol–water partition coefficient (Wildman–Crippen LogP) is 2.95. The molecule has 0 unspecified atom stereocenters. The van der Waals surface area contributed by atoms with Crippen molar-refractivity contribution >= 4 is 23.4 Å². The summed E-state index contributed by atoms with van der Waals surface area (Å²) in [7, 11) is 1.66. The highest BCUT2D eigenvalue weighted by Gasteiger charge is 2.02. The van der Waals surface area contributed by atoms with Crippen LogP contribution in [0.15, 0.2) is 23.1 Å². The highest BCUT2D eigenvalue weighted by atomic mass is 35.5. The first kappa shape index (κ1) is 11.4. The molecule has 0 radical (unpaired) electrons. The van der Waals surface area contributed by atoms with Gasteiger partial charge in [0.1, 0.15) is 6.07 Å². The molecule has 2 nitrogen and oxygen atoms in total. The van der Waals surface area contributed by atoms with Crippen molar-refractivity contribution in [2.45, 2.75) is 4.90 Å². The van der Waals surface area contributed by atoms with Crippen LogP contribution in [0.5, 0.6) is 0 Å².